The molecular formula is C29H49N3O7S. The molecule has 40 heavy (non-hydrogen) atoms. The number of hydrogen-bond acceptors (Lipinski definition) is 7. The number of benzene rings is 1. The summed E-state index contributed by atoms with van der Waals surface area (Å²) in [5, 5.41) is 27.3. The maximum Gasteiger partial charge on any atom is 0.408 e. The number of rotatable bonds is 17. The fraction of sp³-hybridized carbons (Fsp3) is 0.724. The molecule has 1 fully saturated rings. The fourth-order valence-corrected chi connectivity index (χ4v) is 6.23. The second kappa shape index (κ2) is 17.6. The predicted molar refractivity (Wildman–Crippen MR) is 155 cm³/mol. The summed E-state index contributed by atoms with van der Waals surface area (Å²) in [6.45, 7) is 6.10. The van der Waals surface area contributed by atoms with Gasteiger partial charge in [0.1, 0.15) is 18.8 Å². The number of aliphatic hydroxyl groups is 2. The Morgan fingerprint density at radius 3 is 2.35 bits per heavy atom. The molecule has 11 heteroatoms. The van der Waals surface area contributed by atoms with Gasteiger partial charge in [-0.3, -0.25) is 4.79 Å². The molecule has 1 aromatic carbocycles. The van der Waals surface area contributed by atoms with Gasteiger partial charge in [-0.15, -0.1) is 0 Å². The van der Waals surface area contributed by atoms with Gasteiger partial charge in [-0.2, -0.15) is 0 Å². The van der Waals surface area contributed by atoms with E-state index in [4.69, 9.17) is 4.74 Å². The Balaban J connectivity index is 2.10. The highest BCUT2D eigenvalue weighted by atomic mass is 32.2. The Bertz CT molecular complexity index is 985. The first-order valence-electron chi connectivity index (χ1n) is 14.6. The molecule has 0 radical (unpaired) electrons. The van der Waals surface area contributed by atoms with E-state index < -0.39 is 52.1 Å². The summed E-state index contributed by atoms with van der Waals surface area (Å²) in [4.78, 5) is 26.0. The predicted octanol–water partition coefficient (Wildman–Crippen LogP) is 3.22. The SMILES string of the molecule is CCCCNS(=O)(=O)C[C@@H](O)[C@H](O)[C@H](CC1CCCCC1)NC(=O)[C@H](CC(C)C)NC(=O)OCc1ccccc1. The molecule has 0 heterocycles. The van der Waals surface area contributed by atoms with E-state index in [2.05, 4.69) is 15.4 Å². The van der Waals surface area contributed by atoms with Gasteiger partial charge in [-0.05, 0) is 36.7 Å². The normalized spacial score (nSPS) is 17.6. The first kappa shape index (κ1) is 34.0. The van der Waals surface area contributed by atoms with Gasteiger partial charge in [0, 0.05) is 6.54 Å². The number of carbonyl (C=O) groups is 2. The quantitative estimate of drug-likeness (QED) is 0.176. The second-order valence-corrected chi connectivity index (χ2v) is 13.2. The van der Waals surface area contributed by atoms with Crippen molar-refractivity contribution in [2.45, 2.75) is 109 Å². The Kier molecular flexibility index (Phi) is 14.9. The molecule has 2 amide bonds. The number of aliphatic hydroxyl groups excluding tert-OH is 2. The number of amides is 2. The van der Waals surface area contributed by atoms with E-state index in [0.717, 1.165) is 44.1 Å². The largest absolute Gasteiger partial charge is 0.445 e. The average Bonchev–Trinajstić information content (AvgIpc) is 2.91. The lowest BCUT2D eigenvalue weighted by molar-refractivity contribution is -0.126. The lowest BCUT2D eigenvalue weighted by Crippen LogP contribution is -2.56. The third-order valence-electron chi connectivity index (χ3n) is 7.22. The number of unbranched alkanes of at least 4 members (excludes halogenated alkanes) is 1. The van der Waals surface area contributed by atoms with Crippen molar-refractivity contribution in [3.8, 4) is 0 Å². The maximum absolute atomic E-state index is 13.4. The molecule has 5 N–H and O–H groups in total. The van der Waals surface area contributed by atoms with Crippen LogP contribution in [0, 0.1) is 11.8 Å². The molecule has 0 aromatic heterocycles. The molecule has 4 atom stereocenters. The van der Waals surface area contributed by atoms with Crippen LogP contribution in [0.1, 0.15) is 84.1 Å². The van der Waals surface area contributed by atoms with E-state index in [1.54, 1.807) is 0 Å². The van der Waals surface area contributed by atoms with E-state index in [0.29, 0.717) is 19.3 Å². The van der Waals surface area contributed by atoms with E-state index in [1.165, 1.54) is 0 Å². The molecule has 2 rings (SSSR count). The van der Waals surface area contributed by atoms with Crippen molar-refractivity contribution in [3.05, 3.63) is 35.9 Å². The van der Waals surface area contributed by atoms with Crippen LogP contribution in [0.15, 0.2) is 30.3 Å². The summed E-state index contributed by atoms with van der Waals surface area (Å²) in [6.07, 6.45) is 3.47. The minimum Gasteiger partial charge on any atom is -0.445 e. The van der Waals surface area contributed by atoms with Crippen LogP contribution >= 0.6 is 0 Å². The summed E-state index contributed by atoms with van der Waals surface area (Å²) >= 11 is 0. The van der Waals surface area contributed by atoms with Gasteiger partial charge in [0.05, 0.1) is 17.9 Å². The summed E-state index contributed by atoms with van der Waals surface area (Å²) in [6, 6.07) is 7.38. The zero-order valence-corrected chi connectivity index (χ0v) is 25.0. The minimum absolute atomic E-state index is 0.0542. The summed E-state index contributed by atoms with van der Waals surface area (Å²) in [7, 11) is -3.82. The molecule has 0 aliphatic heterocycles. The van der Waals surface area contributed by atoms with Crippen LogP contribution < -0.4 is 15.4 Å². The molecule has 0 unspecified atom stereocenters. The van der Waals surface area contributed by atoms with Crippen molar-refractivity contribution in [2.75, 3.05) is 12.3 Å². The maximum atomic E-state index is 13.4. The van der Waals surface area contributed by atoms with Crippen molar-refractivity contribution in [2.24, 2.45) is 11.8 Å². The van der Waals surface area contributed by atoms with Crippen molar-refractivity contribution >= 4 is 22.0 Å². The molecule has 0 spiro atoms. The van der Waals surface area contributed by atoms with Crippen molar-refractivity contribution in [1.82, 2.24) is 15.4 Å². The molecule has 0 bridgehead atoms. The fourth-order valence-electron chi connectivity index (χ4n) is 5.01. The number of alkyl carbamates (subject to hydrolysis) is 1. The van der Waals surface area contributed by atoms with Crippen LogP contribution in [0.4, 0.5) is 4.79 Å². The van der Waals surface area contributed by atoms with Crippen LogP contribution in [0.2, 0.25) is 0 Å². The summed E-state index contributed by atoms with van der Waals surface area (Å²) in [5.74, 6) is -0.889. The second-order valence-electron chi connectivity index (χ2n) is 11.3. The standard InChI is InChI=1S/C29H49N3O7S/c1-4-5-16-30-40(37,38)20-26(33)27(34)24(18-22-12-8-6-9-13-22)31-28(35)25(17-21(2)3)32-29(36)39-19-23-14-10-7-11-15-23/h7,10-11,14-15,21-22,24-27,30,33-34H,4-6,8-9,12-13,16-20H2,1-3H3,(H,31,35)(H,32,36)/t24-,25-,26+,27+/m0/s1. The third-order valence-corrected chi connectivity index (χ3v) is 8.64. The van der Waals surface area contributed by atoms with Gasteiger partial charge in [0.25, 0.3) is 0 Å². The van der Waals surface area contributed by atoms with Gasteiger partial charge in [0.15, 0.2) is 0 Å². The van der Waals surface area contributed by atoms with Gasteiger partial charge in [0.2, 0.25) is 15.9 Å². The Labute approximate surface area is 239 Å². The number of ether oxygens (including phenoxy) is 1. The monoisotopic (exact) mass is 583 g/mol. The highest BCUT2D eigenvalue weighted by molar-refractivity contribution is 7.89. The van der Waals surface area contributed by atoms with Crippen LogP contribution in [0.3, 0.4) is 0 Å². The van der Waals surface area contributed by atoms with E-state index in [9.17, 15) is 28.2 Å². The van der Waals surface area contributed by atoms with Crippen molar-refractivity contribution in [3.63, 3.8) is 0 Å². The smallest absolute Gasteiger partial charge is 0.408 e. The molecule has 1 aliphatic carbocycles. The lowest BCUT2D eigenvalue weighted by atomic mass is 9.83. The molecule has 1 aliphatic rings. The minimum atomic E-state index is -3.82. The van der Waals surface area contributed by atoms with Crippen LogP contribution in [-0.2, 0) is 26.2 Å². The van der Waals surface area contributed by atoms with E-state index in [-0.39, 0.29) is 25.0 Å². The van der Waals surface area contributed by atoms with Gasteiger partial charge in [-0.25, -0.2) is 17.9 Å². The Hall–Kier alpha value is -2.21. The molecule has 1 saturated carbocycles. The zero-order valence-electron chi connectivity index (χ0n) is 24.2. The molecular weight excluding hydrogens is 534 g/mol. The Morgan fingerprint density at radius 2 is 1.73 bits per heavy atom. The number of hydrogen-bond donors (Lipinski definition) is 5. The van der Waals surface area contributed by atoms with Gasteiger partial charge in [-0.1, -0.05) is 89.6 Å². The zero-order chi connectivity index (χ0) is 29.5. The van der Waals surface area contributed by atoms with Crippen LogP contribution in [0.25, 0.3) is 0 Å². The first-order chi connectivity index (χ1) is 19.0. The van der Waals surface area contributed by atoms with E-state index in [1.807, 2.05) is 51.1 Å². The first-order valence-corrected chi connectivity index (χ1v) is 16.3. The average molecular weight is 584 g/mol. The van der Waals surface area contributed by atoms with Crippen LogP contribution in [0.5, 0.6) is 0 Å². The highest BCUT2D eigenvalue weighted by Gasteiger charge is 2.35. The third kappa shape index (κ3) is 13.0. The topological polar surface area (TPSA) is 154 Å². The molecule has 228 valence electrons. The Morgan fingerprint density at radius 1 is 1.05 bits per heavy atom. The summed E-state index contributed by atoms with van der Waals surface area (Å²) < 4.78 is 32.6. The number of carbonyl (C=O) groups excluding carboxylic acids is 2. The van der Waals surface area contributed by atoms with Crippen LogP contribution in [-0.4, -0.2) is 67.2 Å². The van der Waals surface area contributed by atoms with Gasteiger partial charge < -0.3 is 25.6 Å². The molecule has 10 nitrogen and oxygen atoms in total. The van der Waals surface area contributed by atoms with Crippen molar-refractivity contribution in [1.29, 1.82) is 0 Å². The highest BCUT2D eigenvalue weighted by Crippen LogP contribution is 2.28. The number of nitrogens with one attached hydrogen (secondary N) is 3. The molecule has 0 saturated heterocycles. The van der Waals surface area contributed by atoms with Gasteiger partial charge >= 0.3 is 6.09 Å². The lowest BCUT2D eigenvalue weighted by Gasteiger charge is -2.33. The summed E-state index contributed by atoms with van der Waals surface area (Å²) in [5.41, 5.74) is 0.811. The number of sulfonamides is 1. The molecule has 1 aromatic rings. The van der Waals surface area contributed by atoms with Crippen molar-refractivity contribution < 1.29 is 33.0 Å². The van der Waals surface area contributed by atoms with E-state index >= 15 is 0 Å².